The molecule has 144 valence electrons. The van der Waals surface area contributed by atoms with Crippen molar-refractivity contribution < 1.29 is 24.1 Å². The van der Waals surface area contributed by atoms with Gasteiger partial charge in [0.1, 0.15) is 24.3 Å². The maximum atomic E-state index is 13.2. The molecule has 0 aliphatic carbocycles. The molecule has 1 heterocycles. The molecule has 6 heteroatoms. The summed E-state index contributed by atoms with van der Waals surface area (Å²) in [5, 5.41) is 20.5. The van der Waals surface area contributed by atoms with Gasteiger partial charge in [-0.05, 0) is 48.7 Å². The van der Waals surface area contributed by atoms with Crippen LogP contribution < -0.4 is 4.74 Å². The van der Waals surface area contributed by atoms with Crippen molar-refractivity contribution in [2.45, 2.75) is 38.1 Å². The Morgan fingerprint density at radius 3 is 2.78 bits per heavy atom. The van der Waals surface area contributed by atoms with Gasteiger partial charge in [0.2, 0.25) is 0 Å². The van der Waals surface area contributed by atoms with Crippen LogP contribution in [-0.2, 0) is 6.61 Å². The fraction of sp³-hybridized carbons (Fsp3) is 0.381. The Kier molecular flexibility index (Phi) is 5.77. The van der Waals surface area contributed by atoms with Gasteiger partial charge >= 0.3 is 0 Å². The first-order valence-electron chi connectivity index (χ1n) is 9.08. The number of carbonyl (C=O) groups excluding carboxylic acids is 1. The van der Waals surface area contributed by atoms with E-state index in [9.17, 15) is 19.4 Å². The number of rotatable bonds is 5. The van der Waals surface area contributed by atoms with E-state index in [-0.39, 0.29) is 24.9 Å². The molecular weight excluding hydrogens is 349 g/mol. The molecule has 2 N–H and O–H groups in total. The number of amides is 1. The lowest BCUT2D eigenvalue weighted by molar-refractivity contribution is -0.114. The molecule has 1 saturated heterocycles. The van der Waals surface area contributed by atoms with E-state index in [4.69, 9.17) is 4.74 Å². The normalized spacial score (nSPS) is 22.5. The predicted molar refractivity (Wildman–Crippen MR) is 98.9 cm³/mol. The molecule has 2 aromatic rings. The zero-order valence-corrected chi connectivity index (χ0v) is 15.3. The summed E-state index contributed by atoms with van der Waals surface area (Å²) in [6.45, 7) is 2.49. The lowest BCUT2D eigenvalue weighted by Gasteiger charge is -2.41. The molecular formula is C21H24FNO4. The maximum absolute atomic E-state index is 13.2. The highest BCUT2D eigenvalue weighted by molar-refractivity contribution is 5.94. The highest BCUT2D eigenvalue weighted by Gasteiger charge is 2.40. The van der Waals surface area contributed by atoms with E-state index >= 15 is 0 Å². The summed E-state index contributed by atoms with van der Waals surface area (Å²) in [4.78, 5) is 14.3. The van der Waals surface area contributed by atoms with Gasteiger partial charge < -0.3 is 19.8 Å². The van der Waals surface area contributed by atoms with Crippen LogP contribution >= 0.6 is 0 Å². The van der Waals surface area contributed by atoms with Crippen LogP contribution in [0.1, 0.15) is 35.7 Å². The predicted octanol–water partition coefficient (Wildman–Crippen LogP) is 2.75. The first-order chi connectivity index (χ1) is 12.9. The second kappa shape index (κ2) is 8.06. The highest BCUT2D eigenvalue weighted by Crippen LogP contribution is 2.27. The van der Waals surface area contributed by atoms with Gasteiger partial charge in [-0.3, -0.25) is 4.79 Å². The third-order valence-corrected chi connectivity index (χ3v) is 5.10. The van der Waals surface area contributed by atoms with Gasteiger partial charge in [-0.25, -0.2) is 4.39 Å². The highest BCUT2D eigenvalue weighted by atomic mass is 19.1. The number of halogens is 1. The summed E-state index contributed by atoms with van der Waals surface area (Å²) in [6, 6.07) is 12.9. The third kappa shape index (κ3) is 4.46. The number of aliphatic hydroxyl groups is 2. The van der Waals surface area contributed by atoms with Crippen molar-refractivity contribution in [1.82, 2.24) is 4.90 Å². The Balaban J connectivity index is 1.65. The molecule has 5 nitrogen and oxygen atoms in total. The van der Waals surface area contributed by atoms with Crippen molar-refractivity contribution in [2.75, 3.05) is 13.1 Å². The summed E-state index contributed by atoms with van der Waals surface area (Å²) < 4.78 is 18.9. The van der Waals surface area contributed by atoms with Crippen molar-refractivity contribution in [3.63, 3.8) is 0 Å². The van der Waals surface area contributed by atoms with Crippen molar-refractivity contribution in [3.8, 4) is 5.75 Å². The summed E-state index contributed by atoms with van der Waals surface area (Å²) in [5.74, 6) is -0.0353. The van der Waals surface area contributed by atoms with E-state index in [2.05, 4.69) is 0 Å². The largest absolute Gasteiger partial charge is 0.489 e. The molecule has 0 aromatic heterocycles. The van der Waals surface area contributed by atoms with Crippen LogP contribution in [0.25, 0.3) is 0 Å². The Morgan fingerprint density at radius 2 is 2.07 bits per heavy atom. The van der Waals surface area contributed by atoms with Gasteiger partial charge in [-0.2, -0.15) is 0 Å². The van der Waals surface area contributed by atoms with E-state index in [0.717, 1.165) is 0 Å². The fourth-order valence-corrected chi connectivity index (χ4v) is 3.26. The van der Waals surface area contributed by atoms with Crippen LogP contribution in [0.3, 0.4) is 0 Å². The Hall–Kier alpha value is -2.44. The van der Waals surface area contributed by atoms with E-state index in [1.54, 1.807) is 41.3 Å². The van der Waals surface area contributed by atoms with Crippen molar-refractivity contribution in [1.29, 1.82) is 0 Å². The molecule has 0 unspecified atom stereocenters. The standard InChI is InChI=1S/C21H24FNO4/c1-2-21(26)9-10-23(13-19(21)24)20(25)16-6-4-8-18(12-16)27-14-15-5-3-7-17(22)11-15/h3-8,11-12,19,24,26H,2,9-10,13-14H2,1H3/t19-,21-/m1/s1. The lowest BCUT2D eigenvalue weighted by Crippen LogP contribution is -2.56. The molecule has 3 rings (SSSR count). The monoisotopic (exact) mass is 373 g/mol. The van der Waals surface area contributed by atoms with Gasteiger partial charge in [0, 0.05) is 18.7 Å². The zero-order valence-electron chi connectivity index (χ0n) is 15.3. The number of piperidine rings is 1. The van der Waals surface area contributed by atoms with Crippen LogP contribution in [0.4, 0.5) is 4.39 Å². The summed E-state index contributed by atoms with van der Waals surface area (Å²) in [6.07, 6.45) is -0.182. The Bertz CT molecular complexity index is 812. The van der Waals surface area contributed by atoms with Gasteiger partial charge in [0.15, 0.2) is 0 Å². The van der Waals surface area contributed by atoms with E-state index < -0.39 is 11.7 Å². The molecule has 1 amide bonds. The molecule has 1 fully saturated rings. The minimum Gasteiger partial charge on any atom is -0.489 e. The number of nitrogens with zero attached hydrogens (tertiary/aromatic N) is 1. The van der Waals surface area contributed by atoms with Crippen molar-refractivity contribution in [3.05, 3.63) is 65.5 Å². The quantitative estimate of drug-likeness (QED) is 0.846. The minimum atomic E-state index is -1.13. The average Bonchev–Trinajstić information content (AvgIpc) is 2.68. The average molecular weight is 373 g/mol. The lowest BCUT2D eigenvalue weighted by atomic mass is 9.86. The van der Waals surface area contributed by atoms with Gasteiger partial charge in [0.05, 0.1) is 5.60 Å². The third-order valence-electron chi connectivity index (χ3n) is 5.10. The van der Waals surface area contributed by atoms with Crippen LogP contribution in [0.2, 0.25) is 0 Å². The maximum Gasteiger partial charge on any atom is 0.254 e. The number of carbonyl (C=O) groups is 1. The molecule has 1 aliphatic rings. The van der Waals surface area contributed by atoms with Gasteiger partial charge in [0.25, 0.3) is 5.91 Å². The van der Waals surface area contributed by atoms with Crippen LogP contribution in [-0.4, -0.2) is 45.8 Å². The molecule has 0 bridgehead atoms. The molecule has 2 atom stereocenters. The second-order valence-electron chi connectivity index (χ2n) is 6.92. The number of hydrogen-bond donors (Lipinski definition) is 2. The topological polar surface area (TPSA) is 70.0 Å². The second-order valence-corrected chi connectivity index (χ2v) is 6.92. The molecule has 0 saturated carbocycles. The zero-order chi connectivity index (χ0) is 19.4. The first-order valence-corrected chi connectivity index (χ1v) is 9.08. The fourth-order valence-electron chi connectivity index (χ4n) is 3.26. The minimum absolute atomic E-state index is 0.0948. The van der Waals surface area contributed by atoms with Crippen LogP contribution in [0, 0.1) is 5.82 Å². The molecule has 27 heavy (non-hydrogen) atoms. The van der Waals surface area contributed by atoms with Crippen molar-refractivity contribution >= 4 is 5.91 Å². The molecule has 1 aliphatic heterocycles. The van der Waals surface area contributed by atoms with E-state index in [1.165, 1.54) is 12.1 Å². The smallest absolute Gasteiger partial charge is 0.254 e. The first kappa shape index (κ1) is 19.3. The summed E-state index contributed by atoms with van der Waals surface area (Å²) >= 11 is 0. The van der Waals surface area contributed by atoms with Crippen molar-refractivity contribution in [2.24, 2.45) is 0 Å². The molecule has 0 spiro atoms. The van der Waals surface area contributed by atoms with Gasteiger partial charge in [-0.1, -0.05) is 25.1 Å². The number of β-amino-alcohol motifs (C(OH)–C–C–N with tert-alkyl or cyclic N) is 1. The summed E-state index contributed by atoms with van der Waals surface area (Å²) in [7, 11) is 0. The number of aliphatic hydroxyl groups excluding tert-OH is 1. The Labute approximate surface area is 158 Å². The number of hydrogen-bond acceptors (Lipinski definition) is 4. The SMILES string of the molecule is CC[C@@]1(O)CCN(C(=O)c2cccc(OCc3cccc(F)c3)c2)C[C@H]1O. The van der Waals surface area contributed by atoms with Crippen LogP contribution in [0.5, 0.6) is 5.75 Å². The summed E-state index contributed by atoms with van der Waals surface area (Å²) in [5.41, 5.74) is 0.0118. The molecule has 0 radical (unpaired) electrons. The number of likely N-dealkylation sites (tertiary alicyclic amines) is 1. The number of ether oxygens (including phenoxy) is 1. The van der Waals surface area contributed by atoms with Crippen LogP contribution in [0.15, 0.2) is 48.5 Å². The van der Waals surface area contributed by atoms with E-state index in [1.807, 2.05) is 6.92 Å². The van der Waals surface area contributed by atoms with E-state index in [0.29, 0.717) is 36.3 Å². The van der Waals surface area contributed by atoms with Gasteiger partial charge in [-0.15, -0.1) is 0 Å². The molecule has 2 aromatic carbocycles. The number of benzene rings is 2. The Morgan fingerprint density at radius 1 is 1.30 bits per heavy atom.